The van der Waals surface area contributed by atoms with Gasteiger partial charge in [-0.2, -0.15) is 0 Å². The average molecular weight is 339 g/mol. The average Bonchev–Trinajstić information content (AvgIpc) is 2.37. The first-order valence-electron chi connectivity index (χ1n) is 6.30. The molecule has 2 aromatic rings. The first-order valence-corrected chi connectivity index (χ1v) is 7.47. The van der Waals surface area contributed by atoms with Gasteiger partial charge in [0.05, 0.1) is 0 Å². The Kier molecular flexibility index (Phi) is 5.03. The van der Waals surface area contributed by atoms with Crippen LogP contribution in [0.25, 0.3) is 0 Å². The normalized spacial score (nSPS) is 12.4. The first kappa shape index (κ1) is 14.6. The van der Waals surface area contributed by atoms with E-state index in [1.54, 1.807) is 0 Å². The Labute approximate surface area is 128 Å². The van der Waals surface area contributed by atoms with E-state index in [1.807, 2.05) is 18.2 Å². The van der Waals surface area contributed by atoms with Crippen molar-refractivity contribution in [1.29, 1.82) is 0 Å². The summed E-state index contributed by atoms with van der Waals surface area (Å²) in [5.41, 5.74) is 3.79. The molecule has 1 atom stereocenters. The van der Waals surface area contributed by atoms with E-state index in [-0.39, 0.29) is 0 Å². The molecular formula is C16H17BrClN. The van der Waals surface area contributed by atoms with Gasteiger partial charge in [-0.3, -0.25) is 0 Å². The third-order valence-electron chi connectivity index (χ3n) is 3.25. The SMILES string of the molecule is Cc1cc(Cl)ccc1CNC(C)c1cccc(Br)c1. The molecule has 0 aliphatic carbocycles. The van der Waals surface area contributed by atoms with Crippen LogP contribution in [0.5, 0.6) is 0 Å². The van der Waals surface area contributed by atoms with Gasteiger partial charge in [-0.05, 0) is 54.8 Å². The van der Waals surface area contributed by atoms with Crippen LogP contribution >= 0.6 is 27.5 Å². The van der Waals surface area contributed by atoms with Crippen molar-refractivity contribution in [3.8, 4) is 0 Å². The number of rotatable bonds is 4. The van der Waals surface area contributed by atoms with E-state index in [9.17, 15) is 0 Å². The summed E-state index contributed by atoms with van der Waals surface area (Å²) in [5, 5.41) is 4.33. The van der Waals surface area contributed by atoms with Gasteiger partial charge in [-0.1, -0.05) is 45.7 Å². The van der Waals surface area contributed by atoms with Crippen LogP contribution in [0, 0.1) is 6.92 Å². The minimum Gasteiger partial charge on any atom is -0.306 e. The van der Waals surface area contributed by atoms with E-state index in [0.717, 1.165) is 16.0 Å². The number of halogens is 2. The number of hydrogen-bond acceptors (Lipinski definition) is 1. The number of aryl methyl sites for hydroxylation is 1. The maximum atomic E-state index is 5.97. The third kappa shape index (κ3) is 4.07. The largest absolute Gasteiger partial charge is 0.306 e. The van der Waals surface area contributed by atoms with E-state index in [0.29, 0.717) is 6.04 Å². The summed E-state index contributed by atoms with van der Waals surface area (Å²) >= 11 is 9.47. The maximum Gasteiger partial charge on any atom is 0.0408 e. The lowest BCUT2D eigenvalue weighted by Gasteiger charge is -2.16. The second kappa shape index (κ2) is 6.56. The van der Waals surface area contributed by atoms with Gasteiger partial charge in [-0.25, -0.2) is 0 Å². The van der Waals surface area contributed by atoms with Crippen molar-refractivity contribution in [1.82, 2.24) is 5.32 Å². The van der Waals surface area contributed by atoms with Gasteiger partial charge in [-0.15, -0.1) is 0 Å². The predicted molar refractivity (Wildman–Crippen MR) is 85.6 cm³/mol. The molecule has 0 aliphatic heterocycles. The molecule has 0 spiro atoms. The molecule has 1 N–H and O–H groups in total. The number of hydrogen-bond donors (Lipinski definition) is 1. The van der Waals surface area contributed by atoms with Crippen LogP contribution in [0.4, 0.5) is 0 Å². The predicted octanol–water partition coefficient (Wildman–Crippen LogP) is 5.26. The zero-order valence-corrected chi connectivity index (χ0v) is 13.4. The highest BCUT2D eigenvalue weighted by atomic mass is 79.9. The van der Waals surface area contributed by atoms with E-state index >= 15 is 0 Å². The van der Waals surface area contributed by atoms with E-state index in [2.05, 4.69) is 59.4 Å². The van der Waals surface area contributed by atoms with Crippen molar-refractivity contribution in [2.45, 2.75) is 26.4 Å². The minimum absolute atomic E-state index is 0.313. The lowest BCUT2D eigenvalue weighted by molar-refractivity contribution is 0.573. The quantitative estimate of drug-likeness (QED) is 0.801. The van der Waals surface area contributed by atoms with Gasteiger partial charge in [0.1, 0.15) is 0 Å². The van der Waals surface area contributed by atoms with Crippen LogP contribution in [-0.4, -0.2) is 0 Å². The highest BCUT2D eigenvalue weighted by Crippen LogP contribution is 2.19. The molecule has 2 aromatic carbocycles. The van der Waals surface area contributed by atoms with Gasteiger partial charge in [0, 0.05) is 22.1 Å². The fourth-order valence-electron chi connectivity index (χ4n) is 2.01. The molecular weight excluding hydrogens is 322 g/mol. The zero-order valence-electron chi connectivity index (χ0n) is 11.1. The summed E-state index contributed by atoms with van der Waals surface area (Å²) in [4.78, 5) is 0. The van der Waals surface area contributed by atoms with Gasteiger partial charge < -0.3 is 5.32 Å². The van der Waals surface area contributed by atoms with Gasteiger partial charge in [0.15, 0.2) is 0 Å². The lowest BCUT2D eigenvalue weighted by Crippen LogP contribution is -2.18. The Morgan fingerprint density at radius 3 is 2.68 bits per heavy atom. The Morgan fingerprint density at radius 2 is 2.00 bits per heavy atom. The van der Waals surface area contributed by atoms with Crippen molar-refractivity contribution >= 4 is 27.5 Å². The molecule has 0 fully saturated rings. The van der Waals surface area contributed by atoms with E-state index in [4.69, 9.17) is 11.6 Å². The number of benzene rings is 2. The second-order valence-electron chi connectivity index (χ2n) is 4.73. The van der Waals surface area contributed by atoms with Crippen molar-refractivity contribution in [3.63, 3.8) is 0 Å². The van der Waals surface area contributed by atoms with E-state index < -0.39 is 0 Å². The summed E-state index contributed by atoms with van der Waals surface area (Å²) in [7, 11) is 0. The van der Waals surface area contributed by atoms with Gasteiger partial charge >= 0.3 is 0 Å². The monoisotopic (exact) mass is 337 g/mol. The molecule has 1 unspecified atom stereocenters. The van der Waals surface area contributed by atoms with E-state index in [1.165, 1.54) is 16.7 Å². The van der Waals surface area contributed by atoms with Crippen molar-refractivity contribution in [2.24, 2.45) is 0 Å². The first-order chi connectivity index (χ1) is 9.06. The molecule has 0 saturated carbocycles. The van der Waals surface area contributed by atoms with Crippen LogP contribution in [-0.2, 0) is 6.54 Å². The van der Waals surface area contributed by atoms with Crippen LogP contribution < -0.4 is 5.32 Å². The number of nitrogens with one attached hydrogen (secondary N) is 1. The molecule has 0 amide bonds. The molecule has 19 heavy (non-hydrogen) atoms. The fourth-order valence-corrected chi connectivity index (χ4v) is 2.66. The molecule has 0 aromatic heterocycles. The smallest absolute Gasteiger partial charge is 0.0408 e. The third-order valence-corrected chi connectivity index (χ3v) is 3.98. The van der Waals surface area contributed by atoms with Crippen LogP contribution in [0.1, 0.15) is 29.7 Å². The lowest BCUT2D eigenvalue weighted by atomic mass is 10.1. The Bertz CT molecular complexity index is 568. The molecule has 0 heterocycles. The molecule has 2 rings (SSSR count). The second-order valence-corrected chi connectivity index (χ2v) is 6.08. The summed E-state index contributed by atoms with van der Waals surface area (Å²) in [6.45, 7) is 5.11. The van der Waals surface area contributed by atoms with Gasteiger partial charge in [0.25, 0.3) is 0 Å². The molecule has 0 aliphatic rings. The molecule has 100 valence electrons. The van der Waals surface area contributed by atoms with Crippen LogP contribution in [0.3, 0.4) is 0 Å². The van der Waals surface area contributed by atoms with Crippen LogP contribution in [0.2, 0.25) is 5.02 Å². The molecule has 1 nitrogen and oxygen atoms in total. The highest BCUT2D eigenvalue weighted by molar-refractivity contribution is 9.10. The zero-order chi connectivity index (χ0) is 13.8. The highest BCUT2D eigenvalue weighted by Gasteiger charge is 2.06. The fraction of sp³-hybridized carbons (Fsp3) is 0.250. The topological polar surface area (TPSA) is 12.0 Å². The standard InChI is InChI=1S/C16H17BrClN/c1-11-8-16(18)7-6-14(11)10-19-12(2)13-4-3-5-15(17)9-13/h3-9,12,19H,10H2,1-2H3. The molecule has 0 saturated heterocycles. The van der Waals surface area contributed by atoms with Gasteiger partial charge in [0.2, 0.25) is 0 Å². The van der Waals surface area contributed by atoms with Crippen molar-refractivity contribution in [3.05, 3.63) is 68.7 Å². The molecule has 0 radical (unpaired) electrons. The summed E-state index contributed by atoms with van der Waals surface area (Å²) in [5.74, 6) is 0. The summed E-state index contributed by atoms with van der Waals surface area (Å²) in [6, 6.07) is 14.7. The summed E-state index contributed by atoms with van der Waals surface area (Å²) < 4.78 is 1.11. The Morgan fingerprint density at radius 1 is 1.21 bits per heavy atom. The minimum atomic E-state index is 0.313. The maximum absolute atomic E-state index is 5.97. The van der Waals surface area contributed by atoms with Crippen molar-refractivity contribution in [2.75, 3.05) is 0 Å². The molecule has 0 bridgehead atoms. The summed E-state index contributed by atoms with van der Waals surface area (Å²) in [6.07, 6.45) is 0. The Balaban J connectivity index is 2.02. The van der Waals surface area contributed by atoms with Crippen LogP contribution in [0.15, 0.2) is 46.9 Å². The Hall–Kier alpha value is -0.830. The van der Waals surface area contributed by atoms with Crippen molar-refractivity contribution < 1.29 is 0 Å². The molecule has 3 heteroatoms.